The molecule has 2 aromatic rings. The lowest BCUT2D eigenvalue weighted by molar-refractivity contribution is 0.0996. The molecule has 0 bridgehead atoms. The number of aliphatic hydroxyl groups is 1. The van der Waals surface area contributed by atoms with Crippen molar-refractivity contribution < 1.29 is 14.6 Å². The van der Waals surface area contributed by atoms with Crippen LogP contribution in [0.15, 0.2) is 30.3 Å². The quantitative estimate of drug-likeness (QED) is 0.859. The minimum Gasteiger partial charge on any atom is -0.493 e. The Morgan fingerprint density at radius 1 is 1.35 bits per heavy atom. The number of aliphatic hydroxyl groups excluding tert-OH is 1. The van der Waals surface area contributed by atoms with Gasteiger partial charge in [-0.2, -0.15) is 0 Å². The van der Waals surface area contributed by atoms with E-state index in [9.17, 15) is 4.79 Å². The molecule has 0 unspecified atom stereocenters. The molecule has 20 heavy (non-hydrogen) atoms. The number of carbonyl (C=O) groups excluding carboxylic acids is 1. The summed E-state index contributed by atoms with van der Waals surface area (Å²) in [6.45, 7) is 2.57. The Labute approximate surface area is 121 Å². The smallest absolute Gasteiger partial charge is 0.252 e. The van der Waals surface area contributed by atoms with Crippen LogP contribution in [-0.4, -0.2) is 17.6 Å². The first-order valence-corrected chi connectivity index (χ1v) is 7.24. The van der Waals surface area contributed by atoms with E-state index in [0.717, 1.165) is 21.7 Å². The van der Waals surface area contributed by atoms with Crippen LogP contribution in [0.1, 0.15) is 28.6 Å². The summed E-state index contributed by atoms with van der Waals surface area (Å²) in [5, 5.41) is 9.10. The van der Waals surface area contributed by atoms with Crippen LogP contribution in [0.25, 0.3) is 10.4 Å². The first-order valence-electron chi connectivity index (χ1n) is 6.42. The molecule has 5 heteroatoms. The average molecular weight is 291 g/mol. The van der Waals surface area contributed by atoms with Crippen LogP contribution in [0.4, 0.5) is 0 Å². The van der Waals surface area contributed by atoms with Crippen LogP contribution in [-0.2, 0) is 6.61 Å². The first-order chi connectivity index (χ1) is 9.65. The van der Waals surface area contributed by atoms with Crippen molar-refractivity contribution in [3.05, 3.63) is 40.8 Å². The topological polar surface area (TPSA) is 72.6 Å². The predicted molar refractivity (Wildman–Crippen MR) is 80.0 cm³/mol. The molecule has 0 saturated heterocycles. The summed E-state index contributed by atoms with van der Waals surface area (Å²) in [5.74, 6) is 0.0129. The fourth-order valence-corrected chi connectivity index (χ4v) is 2.70. The van der Waals surface area contributed by atoms with Crippen molar-refractivity contribution in [1.29, 1.82) is 0 Å². The van der Waals surface area contributed by atoms with Gasteiger partial charge < -0.3 is 15.6 Å². The third-order valence-electron chi connectivity index (χ3n) is 2.81. The Morgan fingerprint density at radius 3 is 2.75 bits per heavy atom. The average Bonchev–Trinajstić information content (AvgIpc) is 2.93. The van der Waals surface area contributed by atoms with Crippen LogP contribution < -0.4 is 10.5 Å². The van der Waals surface area contributed by atoms with Crippen LogP contribution in [0.3, 0.4) is 0 Å². The molecule has 0 aliphatic carbocycles. The molecule has 0 saturated carbocycles. The molecule has 4 nitrogen and oxygen atoms in total. The summed E-state index contributed by atoms with van der Waals surface area (Å²) in [4.78, 5) is 13.4. The fourth-order valence-electron chi connectivity index (χ4n) is 1.83. The van der Waals surface area contributed by atoms with Gasteiger partial charge in [0.25, 0.3) is 5.91 Å². The number of amides is 1. The molecule has 1 aromatic heterocycles. The highest BCUT2D eigenvalue weighted by Gasteiger charge is 2.12. The monoisotopic (exact) mass is 291 g/mol. The maximum absolute atomic E-state index is 11.5. The van der Waals surface area contributed by atoms with Gasteiger partial charge in [-0.1, -0.05) is 6.92 Å². The molecule has 0 radical (unpaired) electrons. The summed E-state index contributed by atoms with van der Waals surface area (Å²) in [7, 11) is 0. The van der Waals surface area contributed by atoms with Crippen molar-refractivity contribution in [2.24, 2.45) is 5.73 Å². The molecule has 0 atom stereocenters. The van der Waals surface area contributed by atoms with E-state index < -0.39 is 5.91 Å². The van der Waals surface area contributed by atoms with Crippen molar-refractivity contribution in [3.8, 4) is 16.2 Å². The summed E-state index contributed by atoms with van der Waals surface area (Å²) >= 11 is 1.49. The molecule has 0 aliphatic rings. The second-order valence-corrected chi connectivity index (χ2v) is 5.52. The highest BCUT2D eigenvalue weighted by Crippen LogP contribution is 2.31. The van der Waals surface area contributed by atoms with E-state index in [4.69, 9.17) is 15.6 Å². The minimum absolute atomic E-state index is 0.0189. The molecule has 1 aromatic carbocycles. The Bertz CT molecular complexity index is 607. The largest absolute Gasteiger partial charge is 0.493 e. The zero-order valence-corrected chi connectivity index (χ0v) is 12.1. The van der Waals surface area contributed by atoms with Crippen molar-refractivity contribution in [1.82, 2.24) is 0 Å². The van der Waals surface area contributed by atoms with Gasteiger partial charge >= 0.3 is 0 Å². The van der Waals surface area contributed by atoms with Gasteiger partial charge in [-0.15, -0.1) is 11.3 Å². The number of thiophene rings is 1. The van der Waals surface area contributed by atoms with Crippen LogP contribution >= 0.6 is 11.3 Å². The van der Waals surface area contributed by atoms with Gasteiger partial charge in [0, 0.05) is 9.75 Å². The highest BCUT2D eigenvalue weighted by atomic mass is 32.1. The zero-order chi connectivity index (χ0) is 14.5. The molecule has 1 amide bonds. The standard InChI is InChI=1S/C15H17NO3S/c1-2-7-19-13-5-3-10(8-12(13)15(16)18)14-6-4-11(9-17)20-14/h3-6,8,17H,2,7,9H2,1H3,(H2,16,18). The van der Waals surface area contributed by atoms with Crippen LogP contribution in [0, 0.1) is 0 Å². The van der Waals surface area contributed by atoms with Gasteiger partial charge in [0.15, 0.2) is 0 Å². The van der Waals surface area contributed by atoms with Gasteiger partial charge in [-0.05, 0) is 42.3 Å². The second-order valence-electron chi connectivity index (χ2n) is 4.35. The first kappa shape index (κ1) is 14.6. The number of rotatable bonds is 6. The van der Waals surface area contributed by atoms with Gasteiger partial charge in [0.2, 0.25) is 0 Å². The molecule has 106 valence electrons. The number of benzene rings is 1. The summed E-state index contributed by atoms with van der Waals surface area (Å²) in [6.07, 6.45) is 0.866. The second kappa shape index (κ2) is 6.54. The molecule has 0 spiro atoms. The highest BCUT2D eigenvalue weighted by molar-refractivity contribution is 7.15. The van der Waals surface area contributed by atoms with E-state index in [0.29, 0.717) is 17.9 Å². The third-order valence-corrected chi connectivity index (χ3v) is 3.93. The molecule has 3 N–H and O–H groups in total. The lowest BCUT2D eigenvalue weighted by Crippen LogP contribution is -2.13. The molecular formula is C15H17NO3S. The normalized spacial score (nSPS) is 10.5. The van der Waals surface area contributed by atoms with E-state index in [-0.39, 0.29) is 6.61 Å². The van der Waals surface area contributed by atoms with Crippen LogP contribution in [0.2, 0.25) is 0 Å². The van der Waals surface area contributed by atoms with Crippen molar-refractivity contribution in [2.45, 2.75) is 20.0 Å². The molecule has 1 heterocycles. The van der Waals surface area contributed by atoms with Gasteiger partial charge in [-0.25, -0.2) is 0 Å². The maximum atomic E-state index is 11.5. The van der Waals surface area contributed by atoms with Crippen molar-refractivity contribution in [3.63, 3.8) is 0 Å². The van der Waals surface area contributed by atoms with Crippen molar-refractivity contribution in [2.75, 3.05) is 6.61 Å². The Morgan fingerprint density at radius 2 is 2.15 bits per heavy atom. The lowest BCUT2D eigenvalue weighted by atomic mass is 10.1. The fraction of sp³-hybridized carbons (Fsp3) is 0.267. The van der Waals surface area contributed by atoms with E-state index in [1.165, 1.54) is 11.3 Å². The Kier molecular flexibility index (Phi) is 4.76. The number of hydrogen-bond acceptors (Lipinski definition) is 4. The number of nitrogens with two attached hydrogens (primary N) is 1. The summed E-state index contributed by atoms with van der Waals surface area (Å²) in [5.41, 5.74) is 6.69. The van der Waals surface area contributed by atoms with E-state index in [2.05, 4.69) is 0 Å². The van der Waals surface area contributed by atoms with Gasteiger partial charge in [0.1, 0.15) is 5.75 Å². The van der Waals surface area contributed by atoms with Gasteiger partial charge in [-0.3, -0.25) is 4.79 Å². The lowest BCUT2D eigenvalue weighted by Gasteiger charge is -2.10. The van der Waals surface area contributed by atoms with E-state index >= 15 is 0 Å². The number of ether oxygens (including phenoxy) is 1. The summed E-state index contributed by atoms with van der Waals surface area (Å²) in [6, 6.07) is 9.18. The Balaban J connectivity index is 2.36. The van der Waals surface area contributed by atoms with E-state index in [1.54, 1.807) is 12.1 Å². The number of primary amides is 1. The number of hydrogen-bond donors (Lipinski definition) is 2. The predicted octanol–water partition coefficient (Wildman–Crippen LogP) is 2.80. The van der Waals surface area contributed by atoms with E-state index in [1.807, 2.05) is 25.1 Å². The minimum atomic E-state index is -0.503. The summed E-state index contributed by atoms with van der Waals surface area (Å²) < 4.78 is 5.53. The molecule has 0 fully saturated rings. The van der Waals surface area contributed by atoms with Crippen molar-refractivity contribution >= 4 is 17.2 Å². The SMILES string of the molecule is CCCOc1ccc(-c2ccc(CO)s2)cc1C(N)=O. The third kappa shape index (κ3) is 3.18. The van der Waals surface area contributed by atoms with Gasteiger partial charge in [0.05, 0.1) is 18.8 Å². The zero-order valence-electron chi connectivity index (χ0n) is 11.3. The Hall–Kier alpha value is -1.85. The maximum Gasteiger partial charge on any atom is 0.252 e. The molecular weight excluding hydrogens is 274 g/mol. The molecule has 0 aliphatic heterocycles. The molecule has 2 rings (SSSR count). The van der Waals surface area contributed by atoms with Crippen LogP contribution in [0.5, 0.6) is 5.75 Å². The number of carbonyl (C=O) groups is 1.